The smallest absolute Gasteiger partial charge is 0.377 e. The quantitative estimate of drug-likeness (QED) is 0.502. The third-order valence-corrected chi connectivity index (χ3v) is 6.07. The molecule has 6 nitrogen and oxygen atoms in total. The third kappa shape index (κ3) is 5.73. The van der Waals surface area contributed by atoms with Crippen molar-refractivity contribution in [2.24, 2.45) is 0 Å². The summed E-state index contributed by atoms with van der Waals surface area (Å²) in [5.41, 5.74) is 3.13. The number of methoxy groups -OCH3 is 1. The van der Waals surface area contributed by atoms with Gasteiger partial charge >= 0.3 is 6.18 Å². The zero-order chi connectivity index (χ0) is 25.2. The van der Waals surface area contributed by atoms with Crippen molar-refractivity contribution in [1.82, 2.24) is 15.0 Å². The fraction of sp³-hybridized carbons (Fsp3) is 0.423. The monoisotopic (exact) mass is 485 g/mol. The first-order chi connectivity index (χ1) is 16.6. The highest BCUT2D eigenvalue weighted by molar-refractivity contribution is 5.62. The van der Waals surface area contributed by atoms with Crippen molar-refractivity contribution >= 4 is 17.3 Å². The topological polar surface area (TPSA) is 63.2 Å². The van der Waals surface area contributed by atoms with Crippen LogP contribution < -0.4 is 10.2 Å². The van der Waals surface area contributed by atoms with E-state index in [2.05, 4.69) is 53.2 Å². The number of fused-ring (bicyclic) bond motifs is 1. The van der Waals surface area contributed by atoms with Gasteiger partial charge in [-0.1, -0.05) is 32.9 Å². The molecule has 3 aromatic rings. The summed E-state index contributed by atoms with van der Waals surface area (Å²) in [5.74, 6) is 1.14. The number of anilines is 3. The van der Waals surface area contributed by atoms with Gasteiger partial charge in [-0.05, 0) is 41.7 Å². The number of benzene rings is 1. The van der Waals surface area contributed by atoms with E-state index in [4.69, 9.17) is 4.74 Å². The minimum atomic E-state index is -4.47. The van der Waals surface area contributed by atoms with Crippen molar-refractivity contribution < 1.29 is 17.9 Å². The molecule has 1 aliphatic rings. The standard InChI is InChI=1S/C26H30F3N5O/c1-25(2,3)17-7-9-18(10-8-17)31-23-19-11-14-34(15-12-21(19)32-22(33-23)16-35-4)24-20(26(27,28)29)6-5-13-30-24/h5-10,13H,11-12,14-16H2,1-4H3,(H,31,32,33). The van der Waals surface area contributed by atoms with Gasteiger partial charge in [-0.3, -0.25) is 0 Å². The van der Waals surface area contributed by atoms with Crippen LogP contribution in [-0.2, 0) is 35.8 Å². The Morgan fingerprint density at radius 2 is 1.71 bits per heavy atom. The van der Waals surface area contributed by atoms with E-state index in [-0.39, 0.29) is 17.8 Å². The van der Waals surface area contributed by atoms with Crippen molar-refractivity contribution in [3.05, 3.63) is 70.8 Å². The number of pyridine rings is 1. The van der Waals surface area contributed by atoms with Crippen LogP contribution in [0.2, 0.25) is 0 Å². The van der Waals surface area contributed by atoms with Gasteiger partial charge in [0.05, 0.1) is 11.3 Å². The minimum absolute atomic E-state index is 0.0420. The number of nitrogens with zero attached hydrogens (tertiary/aromatic N) is 4. The average Bonchev–Trinajstić information content (AvgIpc) is 3.01. The molecular weight excluding hydrogens is 455 g/mol. The van der Waals surface area contributed by atoms with Gasteiger partial charge in [-0.2, -0.15) is 13.2 Å². The summed E-state index contributed by atoms with van der Waals surface area (Å²) in [6.45, 7) is 7.47. The highest BCUT2D eigenvalue weighted by Crippen LogP contribution is 2.36. The maximum absolute atomic E-state index is 13.6. The molecule has 35 heavy (non-hydrogen) atoms. The predicted octanol–water partition coefficient (Wildman–Crippen LogP) is 5.68. The zero-order valence-corrected chi connectivity index (χ0v) is 20.4. The lowest BCUT2D eigenvalue weighted by molar-refractivity contribution is -0.137. The van der Waals surface area contributed by atoms with Crippen molar-refractivity contribution in [2.45, 2.75) is 51.8 Å². The average molecular weight is 486 g/mol. The summed E-state index contributed by atoms with van der Waals surface area (Å²) in [4.78, 5) is 15.1. The first kappa shape index (κ1) is 24.9. The van der Waals surface area contributed by atoms with Crippen LogP contribution >= 0.6 is 0 Å². The molecule has 4 rings (SSSR count). The van der Waals surface area contributed by atoms with Gasteiger partial charge in [0.1, 0.15) is 18.2 Å². The van der Waals surface area contributed by atoms with Crippen LogP contribution in [0.4, 0.5) is 30.5 Å². The molecule has 0 radical (unpaired) electrons. The van der Waals surface area contributed by atoms with Crippen LogP contribution in [0.15, 0.2) is 42.6 Å². The van der Waals surface area contributed by atoms with Gasteiger partial charge in [-0.25, -0.2) is 15.0 Å². The Kier molecular flexibility index (Phi) is 6.98. The lowest BCUT2D eigenvalue weighted by atomic mass is 9.87. The van der Waals surface area contributed by atoms with Gasteiger partial charge in [0.2, 0.25) is 0 Å². The molecule has 2 aromatic heterocycles. The molecule has 0 saturated carbocycles. The zero-order valence-electron chi connectivity index (χ0n) is 20.4. The van der Waals surface area contributed by atoms with E-state index in [9.17, 15) is 13.2 Å². The van der Waals surface area contributed by atoms with E-state index < -0.39 is 11.7 Å². The Morgan fingerprint density at radius 3 is 2.37 bits per heavy atom. The maximum atomic E-state index is 13.6. The molecule has 0 bridgehead atoms. The summed E-state index contributed by atoms with van der Waals surface area (Å²) < 4.78 is 46.1. The Morgan fingerprint density at radius 1 is 1.00 bits per heavy atom. The summed E-state index contributed by atoms with van der Waals surface area (Å²) in [6.07, 6.45) is -2.12. The van der Waals surface area contributed by atoms with E-state index in [1.807, 2.05) is 12.1 Å². The Labute approximate surface area is 203 Å². The normalized spacial score (nSPS) is 14.4. The second-order valence-electron chi connectivity index (χ2n) is 9.66. The molecule has 3 heterocycles. The molecule has 0 aliphatic carbocycles. The molecule has 0 fully saturated rings. The van der Waals surface area contributed by atoms with E-state index >= 15 is 0 Å². The third-order valence-electron chi connectivity index (χ3n) is 6.07. The largest absolute Gasteiger partial charge is 0.419 e. The van der Waals surface area contributed by atoms with Crippen molar-refractivity contribution in [2.75, 3.05) is 30.4 Å². The molecule has 0 unspecified atom stereocenters. The van der Waals surface area contributed by atoms with Crippen LogP contribution in [0.3, 0.4) is 0 Å². The van der Waals surface area contributed by atoms with E-state index in [1.54, 1.807) is 12.0 Å². The number of ether oxygens (including phenoxy) is 1. The number of hydrogen-bond donors (Lipinski definition) is 1. The van der Waals surface area contributed by atoms with Gasteiger partial charge < -0.3 is 15.0 Å². The molecule has 1 N–H and O–H groups in total. The van der Waals surface area contributed by atoms with Gasteiger partial charge in [0, 0.05) is 44.1 Å². The number of rotatable bonds is 5. The summed E-state index contributed by atoms with van der Waals surface area (Å²) >= 11 is 0. The van der Waals surface area contributed by atoms with E-state index in [0.29, 0.717) is 37.6 Å². The van der Waals surface area contributed by atoms with E-state index in [1.165, 1.54) is 17.8 Å². The Balaban J connectivity index is 1.64. The molecule has 1 aliphatic heterocycles. The van der Waals surface area contributed by atoms with Crippen molar-refractivity contribution in [3.8, 4) is 0 Å². The molecule has 0 spiro atoms. The van der Waals surface area contributed by atoms with E-state index in [0.717, 1.165) is 23.0 Å². The fourth-order valence-corrected chi connectivity index (χ4v) is 4.22. The highest BCUT2D eigenvalue weighted by atomic mass is 19.4. The van der Waals surface area contributed by atoms with Crippen LogP contribution in [0.1, 0.15) is 49.0 Å². The number of aromatic nitrogens is 3. The molecule has 0 saturated heterocycles. The Hall–Kier alpha value is -3.20. The second-order valence-corrected chi connectivity index (χ2v) is 9.66. The van der Waals surface area contributed by atoms with Gasteiger partial charge in [0.25, 0.3) is 0 Å². The molecule has 1 aromatic carbocycles. The van der Waals surface area contributed by atoms with Gasteiger partial charge in [0.15, 0.2) is 5.82 Å². The number of hydrogen-bond acceptors (Lipinski definition) is 6. The predicted molar refractivity (Wildman–Crippen MR) is 130 cm³/mol. The Bertz CT molecular complexity index is 1170. The summed E-state index contributed by atoms with van der Waals surface area (Å²) in [7, 11) is 1.58. The summed E-state index contributed by atoms with van der Waals surface area (Å²) in [6, 6.07) is 10.6. The number of alkyl halides is 3. The van der Waals surface area contributed by atoms with Crippen LogP contribution in [-0.4, -0.2) is 35.2 Å². The second kappa shape index (κ2) is 9.81. The van der Waals surface area contributed by atoms with Gasteiger partial charge in [-0.15, -0.1) is 0 Å². The number of halogens is 3. The molecule has 0 amide bonds. The van der Waals surface area contributed by atoms with Crippen molar-refractivity contribution in [1.29, 1.82) is 0 Å². The number of nitrogens with one attached hydrogen (secondary N) is 1. The van der Waals surface area contributed by atoms with Crippen LogP contribution in [0.5, 0.6) is 0 Å². The highest BCUT2D eigenvalue weighted by Gasteiger charge is 2.36. The first-order valence-electron chi connectivity index (χ1n) is 11.6. The molecule has 0 atom stereocenters. The fourth-order valence-electron chi connectivity index (χ4n) is 4.22. The van der Waals surface area contributed by atoms with Crippen LogP contribution in [0.25, 0.3) is 0 Å². The molecule has 9 heteroatoms. The molecule has 186 valence electrons. The SMILES string of the molecule is COCc1nc2c(c(Nc3ccc(C(C)(C)C)cc3)n1)CCN(c1ncccc1C(F)(F)F)CC2. The van der Waals surface area contributed by atoms with Crippen molar-refractivity contribution in [3.63, 3.8) is 0 Å². The minimum Gasteiger partial charge on any atom is -0.377 e. The lowest BCUT2D eigenvalue weighted by Crippen LogP contribution is -2.29. The lowest BCUT2D eigenvalue weighted by Gasteiger charge is -2.24. The first-order valence-corrected chi connectivity index (χ1v) is 11.6. The summed E-state index contributed by atoms with van der Waals surface area (Å²) in [5, 5.41) is 3.41. The van der Waals surface area contributed by atoms with Crippen LogP contribution in [0, 0.1) is 0 Å². The maximum Gasteiger partial charge on any atom is 0.419 e. The molecular formula is C26H30F3N5O.